The molecule has 4 aliphatic rings. The molecular weight excluding hydrogens is 297 g/mol. The molecule has 0 heterocycles. The van der Waals surface area contributed by atoms with E-state index in [1.165, 1.54) is 56.0 Å². The number of amides is 1. The number of carbonyl (C=O) groups excluding carboxylic acids is 1. The van der Waals surface area contributed by atoms with E-state index < -0.39 is 0 Å². The van der Waals surface area contributed by atoms with Crippen molar-refractivity contribution in [3.63, 3.8) is 0 Å². The van der Waals surface area contributed by atoms with Crippen LogP contribution >= 0.6 is 11.8 Å². The van der Waals surface area contributed by atoms with E-state index in [1.807, 2.05) is 0 Å². The van der Waals surface area contributed by atoms with Crippen molar-refractivity contribution in [3.8, 4) is 0 Å². The Kier molecular flexibility index (Phi) is 3.89. The molecule has 0 atom stereocenters. The minimum absolute atomic E-state index is 0.131. The van der Waals surface area contributed by atoms with Crippen molar-refractivity contribution in [2.45, 2.75) is 43.0 Å². The number of hydrogen-bond donors (Lipinski definition) is 1. The van der Waals surface area contributed by atoms with Crippen molar-refractivity contribution in [3.05, 3.63) is 30.1 Å². The van der Waals surface area contributed by atoms with Gasteiger partial charge in [0.15, 0.2) is 0 Å². The molecule has 1 aromatic carbocycles. The maximum atomic E-state index is 12.9. The summed E-state index contributed by atoms with van der Waals surface area (Å²) in [6.07, 6.45) is 6.73. The fourth-order valence-electron chi connectivity index (χ4n) is 5.07. The SMILES string of the molecule is O=C(CSc1ccc(F)cc1)NC1C2CC3CC(C2)CC1C3. The van der Waals surface area contributed by atoms with Gasteiger partial charge in [0, 0.05) is 10.9 Å². The predicted octanol–water partition coefficient (Wildman–Crippen LogP) is 3.86. The van der Waals surface area contributed by atoms with Gasteiger partial charge in [-0.25, -0.2) is 4.39 Å². The smallest absolute Gasteiger partial charge is 0.230 e. The Morgan fingerprint density at radius 3 is 2.23 bits per heavy atom. The van der Waals surface area contributed by atoms with Crippen LogP contribution in [0, 0.1) is 29.5 Å². The van der Waals surface area contributed by atoms with Crippen LogP contribution in [-0.2, 0) is 4.79 Å². The molecule has 0 saturated heterocycles. The van der Waals surface area contributed by atoms with Crippen molar-refractivity contribution in [1.29, 1.82) is 0 Å². The summed E-state index contributed by atoms with van der Waals surface area (Å²) in [5.41, 5.74) is 0. The maximum Gasteiger partial charge on any atom is 0.230 e. The Balaban J connectivity index is 1.31. The molecule has 4 saturated carbocycles. The van der Waals surface area contributed by atoms with Crippen LogP contribution in [0.3, 0.4) is 0 Å². The number of halogens is 1. The van der Waals surface area contributed by atoms with Gasteiger partial charge < -0.3 is 5.32 Å². The molecule has 0 aliphatic heterocycles. The average Bonchev–Trinajstić information content (AvgIpc) is 2.50. The van der Waals surface area contributed by atoms with Crippen LogP contribution in [0.1, 0.15) is 32.1 Å². The number of rotatable bonds is 4. The van der Waals surface area contributed by atoms with Crippen molar-refractivity contribution >= 4 is 17.7 Å². The summed E-state index contributed by atoms with van der Waals surface area (Å²) >= 11 is 1.48. The van der Waals surface area contributed by atoms with Crippen LogP contribution < -0.4 is 5.32 Å². The van der Waals surface area contributed by atoms with Crippen LogP contribution in [0.2, 0.25) is 0 Å². The van der Waals surface area contributed by atoms with Crippen molar-refractivity contribution in [2.24, 2.45) is 23.7 Å². The first kappa shape index (κ1) is 14.6. The van der Waals surface area contributed by atoms with E-state index in [0.29, 0.717) is 11.8 Å². The molecule has 1 aromatic rings. The summed E-state index contributed by atoms with van der Waals surface area (Å²) in [6.45, 7) is 0. The number of thioether (sulfide) groups is 1. The van der Waals surface area contributed by atoms with Gasteiger partial charge in [0.2, 0.25) is 5.91 Å². The third-order valence-electron chi connectivity index (χ3n) is 5.74. The van der Waals surface area contributed by atoms with Gasteiger partial charge in [-0.2, -0.15) is 0 Å². The lowest BCUT2D eigenvalue weighted by Crippen LogP contribution is -2.56. The molecule has 22 heavy (non-hydrogen) atoms. The highest BCUT2D eigenvalue weighted by Crippen LogP contribution is 2.53. The minimum Gasteiger partial charge on any atom is -0.352 e. The molecule has 4 bridgehead atoms. The van der Waals surface area contributed by atoms with E-state index in [-0.39, 0.29) is 11.7 Å². The van der Waals surface area contributed by atoms with Crippen LogP contribution in [0.5, 0.6) is 0 Å². The summed E-state index contributed by atoms with van der Waals surface area (Å²) in [7, 11) is 0. The zero-order valence-electron chi connectivity index (χ0n) is 12.6. The van der Waals surface area contributed by atoms with Gasteiger partial charge >= 0.3 is 0 Å². The molecule has 0 radical (unpaired) electrons. The van der Waals surface area contributed by atoms with E-state index in [0.717, 1.165) is 28.6 Å². The molecule has 0 aromatic heterocycles. The summed E-state index contributed by atoms with van der Waals surface area (Å²) in [5, 5.41) is 3.31. The lowest BCUT2D eigenvalue weighted by Gasteiger charge is -2.54. The van der Waals surface area contributed by atoms with Gasteiger partial charge in [0.25, 0.3) is 0 Å². The van der Waals surface area contributed by atoms with Crippen LogP contribution in [0.4, 0.5) is 4.39 Å². The van der Waals surface area contributed by atoms with Gasteiger partial charge in [0.1, 0.15) is 5.82 Å². The Morgan fingerprint density at radius 1 is 1.05 bits per heavy atom. The maximum absolute atomic E-state index is 12.9. The summed E-state index contributed by atoms with van der Waals surface area (Å²) in [4.78, 5) is 13.2. The lowest BCUT2D eigenvalue weighted by atomic mass is 9.54. The molecule has 4 heteroatoms. The minimum atomic E-state index is -0.234. The second kappa shape index (κ2) is 5.88. The highest BCUT2D eigenvalue weighted by Gasteiger charge is 2.48. The third-order valence-corrected chi connectivity index (χ3v) is 6.75. The first-order valence-electron chi connectivity index (χ1n) is 8.35. The van der Waals surface area contributed by atoms with Gasteiger partial charge in [0.05, 0.1) is 5.75 Å². The lowest BCUT2D eigenvalue weighted by molar-refractivity contribution is -0.122. The fraction of sp³-hybridized carbons (Fsp3) is 0.611. The molecular formula is C18H22FNOS. The van der Waals surface area contributed by atoms with E-state index >= 15 is 0 Å². The number of hydrogen-bond acceptors (Lipinski definition) is 2. The highest BCUT2D eigenvalue weighted by atomic mass is 32.2. The van der Waals surface area contributed by atoms with Crippen LogP contribution in [0.25, 0.3) is 0 Å². The summed E-state index contributed by atoms with van der Waals surface area (Å²) in [6, 6.07) is 6.76. The van der Waals surface area contributed by atoms with Crippen LogP contribution in [-0.4, -0.2) is 17.7 Å². The first-order valence-corrected chi connectivity index (χ1v) is 9.33. The molecule has 5 rings (SSSR count). The van der Waals surface area contributed by atoms with E-state index in [2.05, 4.69) is 5.32 Å². The monoisotopic (exact) mass is 319 g/mol. The molecule has 1 N–H and O–H groups in total. The number of benzene rings is 1. The normalized spacial score (nSPS) is 35.6. The van der Waals surface area contributed by atoms with Crippen molar-refractivity contribution in [2.75, 3.05) is 5.75 Å². The number of carbonyl (C=O) groups is 1. The topological polar surface area (TPSA) is 29.1 Å². The standard InChI is InChI=1S/C18H22FNOS/c19-15-1-3-16(4-2-15)22-10-17(21)20-18-13-6-11-5-12(8-13)9-14(18)7-11/h1-4,11-14,18H,5-10H2,(H,20,21). The largest absolute Gasteiger partial charge is 0.352 e. The van der Waals surface area contributed by atoms with Crippen molar-refractivity contribution < 1.29 is 9.18 Å². The van der Waals surface area contributed by atoms with E-state index in [9.17, 15) is 9.18 Å². The highest BCUT2D eigenvalue weighted by molar-refractivity contribution is 8.00. The molecule has 0 spiro atoms. The van der Waals surface area contributed by atoms with E-state index in [4.69, 9.17) is 0 Å². The average molecular weight is 319 g/mol. The van der Waals surface area contributed by atoms with Gasteiger partial charge in [-0.05, 0) is 80.0 Å². The summed E-state index contributed by atoms with van der Waals surface area (Å²) < 4.78 is 12.9. The van der Waals surface area contributed by atoms with E-state index in [1.54, 1.807) is 12.1 Å². The zero-order chi connectivity index (χ0) is 15.1. The van der Waals surface area contributed by atoms with Crippen LogP contribution in [0.15, 0.2) is 29.2 Å². The quantitative estimate of drug-likeness (QED) is 0.854. The zero-order valence-corrected chi connectivity index (χ0v) is 13.4. The summed E-state index contributed by atoms with van der Waals surface area (Å²) in [5.74, 6) is 3.63. The Morgan fingerprint density at radius 2 is 1.64 bits per heavy atom. The number of nitrogens with one attached hydrogen (secondary N) is 1. The first-order chi connectivity index (χ1) is 10.7. The molecule has 4 fully saturated rings. The fourth-order valence-corrected chi connectivity index (χ4v) is 5.78. The Bertz CT molecular complexity index is 531. The van der Waals surface area contributed by atoms with Gasteiger partial charge in [-0.3, -0.25) is 4.79 Å². The predicted molar refractivity (Wildman–Crippen MR) is 86.1 cm³/mol. The second-order valence-electron chi connectivity index (χ2n) is 7.27. The molecule has 118 valence electrons. The second-order valence-corrected chi connectivity index (χ2v) is 8.32. The Labute approximate surface area is 135 Å². The van der Waals surface area contributed by atoms with Crippen molar-refractivity contribution in [1.82, 2.24) is 5.32 Å². The van der Waals surface area contributed by atoms with Gasteiger partial charge in [-0.15, -0.1) is 11.8 Å². The molecule has 0 unspecified atom stereocenters. The third kappa shape index (κ3) is 2.90. The Hall–Kier alpha value is -1.03. The molecule has 1 amide bonds. The van der Waals surface area contributed by atoms with Gasteiger partial charge in [-0.1, -0.05) is 0 Å². The molecule has 4 aliphatic carbocycles. The molecule has 2 nitrogen and oxygen atoms in total.